The maximum Gasteiger partial charge on any atom is 0.293 e. The highest BCUT2D eigenvalue weighted by molar-refractivity contribution is 5.64. The highest BCUT2D eigenvalue weighted by Gasteiger charge is 2.00. The lowest BCUT2D eigenvalue weighted by Crippen LogP contribution is -1.90. The van der Waals surface area contributed by atoms with Crippen LogP contribution in [0.2, 0.25) is 0 Å². The molecule has 2 rings (SSSR count). The standard InChI is InChI=1S/C14H11FO2/c15-14-6-4-12(5-7-14)13-3-1-2-11(8-13)9-17-10-16/h1-8,10H,9H2. The van der Waals surface area contributed by atoms with E-state index < -0.39 is 0 Å². The van der Waals surface area contributed by atoms with E-state index in [1.54, 1.807) is 12.1 Å². The molecular weight excluding hydrogens is 219 g/mol. The van der Waals surface area contributed by atoms with Crippen molar-refractivity contribution in [3.63, 3.8) is 0 Å². The molecule has 2 nitrogen and oxygen atoms in total. The van der Waals surface area contributed by atoms with Crippen molar-refractivity contribution >= 4 is 6.47 Å². The van der Waals surface area contributed by atoms with Gasteiger partial charge in [0.2, 0.25) is 0 Å². The Hall–Kier alpha value is -2.16. The Balaban J connectivity index is 2.26. The molecule has 0 bridgehead atoms. The zero-order valence-corrected chi connectivity index (χ0v) is 9.10. The summed E-state index contributed by atoms with van der Waals surface area (Å²) >= 11 is 0. The zero-order chi connectivity index (χ0) is 12.1. The van der Waals surface area contributed by atoms with Crippen LogP contribution in [0.4, 0.5) is 4.39 Å². The molecule has 0 unspecified atom stereocenters. The smallest absolute Gasteiger partial charge is 0.293 e. The first-order valence-electron chi connectivity index (χ1n) is 5.20. The SMILES string of the molecule is O=COCc1cccc(-c2ccc(F)cc2)c1. The molecular formula is C14H11FO2. The second kappa shape index (κ2) is 5.25. The molecule has 3 heteroatoms. The Labute approximate surface area is 98.7 Å². The van der Waals surface area contributed by atoms with E-state index in [2.05, 4.69) is 4.74 Å². The summed E-state index contributed by atoms with van der Waals surface area (Å²) in [7, 11) is 0. The number of ether oxygens (including phenoxy) is 1. The van der Waals surface area contributed by atoms with Crippen LogP contribution in [0, 0.1) is 5.82 Å². The zero-order valence-electron chi connectivity index (χ0n) is 9.10. The van der Waals surface area contributed by atoms with Crippen molar-refractivity contribution < 1.29 is 13.9 Å². The normalized spacial score (nSPS) is 9.94. The molecule has 0 aliphatic rings. The Morgan fingerprint density at radius 2 is 1.82 bits per heavy atom. The number of carbonyl (C=O) groups is 1. The first-order chi connectivity index (χ1) is 8.29. The van der Waals surface area contributed by atoms with E-state index in [9.17, 15) is 9.18 Å². The van der Waals surface area contributed by atoms with E-state index in [1.165, 1.54) is 12.1 Å². The van der Waals surface area contributed by atoms with Crippen LogP contribution in [-0.4, -0.2) is 6.47 Å². The highest BCUT2D eigenvalue weighted by atomic mass is 19.1. The summed E-state index contributed by atoms with van der Waals surface area (Å²) in [5, 5.41) is 0. The molecule has 0 aliphatic carbocycles. The lowest BCUT2D eigenvalue weighted by atomic mass is 10.0. The molecule has 0 radical (unpaired) electrons. The van der Waals surface area contributed by atoms with Gasteiger partial charge in [0.15, 0.2) is 0 Å². The third-order valence-electron chi connectivity index (χ3n) is 2.42. The van der Waals surface area contributed by atoms with Crippen molar-refractivity contribution in [2.45, 2.75) is 6.61 Å². The summed E-state index contributed by atoms with van der Waals surface area (Å²) < 4.78 is 17.5. The lowest BCUT2D eigenvalue weighted by molar-refractivity contribution is -0.129. The predicted octanol–water partition coefficient (Wildman–Crippen LogP) is 3.17. The first-order valence-corrected chi connectivity index (χ1v) is 5.20. The van der Waals surface area contributed by atoms with Crippen molar-refractivity contribution in [1.29, 1.82) is 0 Å². The van der Waals surface area contributed by atoms with Gasteiger partial charge < -0.3 is 4.74 Å². The summed E-state index contributed by atoms with van der Waals surface area (Å²) in [5.74, 6) is -0.255. The number of rotatable bonds is 4. The Morgan fingerprint density at radius 3 is 2.53 bits per heavy atom. The van der Waals surface area contributed by atoms with Crippen LogP contribution >= 0.6 is 0 Å². The summed E-state index contributed by atoms with van der Waals surface area (Å²) in [6.45, 7) is 0.670. The van der Waals surface area contributed by atoms with Crippen LogP contribution in [-0.2, 0) is 16.1 Å². The van der Waals surface area contributed by atoms with Crippen LogP contribution in [0.1, 0.15) is 5.56 Å². The molecule has 2 aromatic carbocycles. The molecule has 2 aromatic rings. The van der Waals surface area contributed by atoms with Gasteiger partial charge in [0.25, 0.3) is 6.47 Å². The van der Waals surface area contributed by atoms with Gasteiger partial charge in [0, 0.05) is 0 Å². The van der Waals surface area contributed by atoms with E-state index in [-0.39, 0.29) is 12.4 Å². The molecule has 17 heavy (non-hydrogen) atoms. The maximum atomic E-state index is 12.8. The van der Waals surface area contributed by atoms with E-state index in [0.29, 0.717) is 6.47 Å². The lowest BCUT2D eigenvalue weighted by Gasteiger charge is -2.04. The van der Waals surface area contributed by atoms with Crippen LogP contribution in [0.25, 0.3) is 11.1 Å². The molecule has 0 aromatic heterocycles. The van der Waals surface area contributed by atoms with Gasteiger partial charge in [0.05, 0.1) is 0 Å². The topological polar surface area (TPSA) is 26.3 Å². The summed E-state index contributed by atoms with van der Waals surface area (Å²) in [6, 6.07) is 13.9. The average Bonchev–Trinajstić information content (AvgIpc) is 2.37. The molecule has 0 atom stereocenters. The quantitative estimate of drug-likeness (QED) is 0.754. The monoisotopic (exact) mass is 230 g/mol. The van der Waals surface area contributed by atoms with E-state index in [4.69, 9.17) is 0 Å². The molecule has 0 fully saturated rings. The highest BCUT2D eigenvalue weighted by Crippen LogP contribution is 2.20. The minimum atomic E-state index is -0.255. The second-order valence-corrected chi connectivity index (χ2v) is 3.61. The molecule has 0 spiro atoms. The van der Waals surface area contributed by atoms with Crippen molar-refractivity contribution in [2.75, 3.05) is 0 Å². The minimum Gasteiger partial charge on any atom is -0.463 e. The van der Waals surface area contributed by atoms with Gasteiger partial charge in [-0.3, -0.25) is 4.79 Å². The van der Waals surface area contributed by atoms with Crippen LogP contribution in [0.3, 0.4) is 0 Å². The van der Waals surface area contributed by atoms with Crippen molar-refractivity contribution in [3.8, 4) is 11.1 Å². The third kappa shape index (κ3) is 2.91. The fraction of sp³-hybridized carbons (Fsp3) is 0.0714. The minimum absolute atomic E-state index is 0.249. The summed E-state index contributed by atoms with van der Waals surface area (Å²) in [5.41, 5.74) is 2.80. The van der Waals surface area contributed by atoms with Gasteiger partial charge >= 0.3 is 0 Å². The largest absolute Gasteiger partial charge is 0.463 e. The average molecular weight is 230 g/mol. The summed E-state index contributed by atoms with van der Waals surface area (Å²) in [6.07, 6.45) is 0. The maximum absolute atomic E-state index is 12.8. The number of carbonyl (C=O) groups excluding carboxylic acids is 1. The van der Waals surface area contributed by atoms with Crippen LogP contribution in [0.5, 0.6) is 0 Å². The first kappa shape index (κ1) is 11.3. The van der Waals surface area contributed by atoms with Gasteiger partial charge in [-0.05, 0) is 34.9 Å². The molecule has 0 aliphatic heterocycles. The van der Waals surface area contributed by atoms with Crippen molar-refractivity contribution in [3.05, 3.63) is 59.9 Å². The van der Waals surface area contributed by atoms with Gasteiger partial charge in [0.1, 0.15) is 12.4 Å². The molecule has 0 amide bonds. The number of benzene rings is 2. The molecule has 0 saturated heterocycles. The fourth-order valence-electron chi connectivity index (χ4n) is 1.61. The van der Waals surface area contributed by atoms with E-state index in [1.807, 2.05) is 24.3 Å². The van der Waals surface area contributed by atoms with Gasteiger partial charge in [-0.2, -0.15) is 0 Å². The number of hydrogen-bond donors (Lipinski definition) is 0. The van der Waals surface area contributed by atoms with E-state index >= 15 is 0 Å². The number of halogens is 1. The van der Waals surface area contributed by atoms with Crippen molar-refractivity contribution in [1.82, 2.24) is 0 Å². The molecule has 0 N–H and O–H groups in total. The van der Waals surface area contributed by atoms with Crippen LogP contribution in [0.15, 0.2) is 48.5 Å². The fourth-order valence-corrected chi connectivity index (χ4v) is 1.61. The van der Waals surface area contributed by atoms with Gasteiger partial charge in [-0.15, -0.1) is 0 Å². The third-order valence-corrected chi connectivity index (χ3v) is 2.42. The van der Waals surface area contributed by atoms with Gasteiger partial charge in [-0.25, -0.2) is 4.39 Å². The summed E-state index contributed by atoms with van der Waals surface area (Å²) in [4.78, 5) is 10.1. The van der Waals surface area contributed by atoms with Gasteiger partial charge in [-0.1, -0.05) is 30.3 Å². The van der Waals surface area contributed by atoms with Crippen LogP contribution < -0.4 is 0 Å². The van der Waals surface area contributed by atoms with Crippen molar-refractivity contribution in [2.24, 2.45) is 0 Å². The Bertz CT molecular complexity index is 506. The predicted molar refractivity (Wildman–Crippen MR) is 62.7 cm³/mol. The van der Waals surface area contributed by atoms with E-state index in [0.717, 1.165) is 16.7 Å². The molecule has 86 valence electrons. The second-order valence-electron chi connectivity index (χ2n) is 3.61. The Kier molecular flexibility index (Phi) is 3.50. The molecule has 0 saturated carbocycles. The number of hydrogen-bond acceptors (Lipinski definition) is 2. The molecule has 0 heterocycles. The Morgan fingerprint density at radius 1 is 1.06 bits per heavy atom.